The van der Waals surface area contributed by atoms with Gasteiger partial charge in [0.15, 0.2) is 25.0 Å². The van der Waals surface area contributed by atoms with Crippen molar-refractivity contribution in [2.75, 3.05) is 6.79 Å². The summed E-state index contributed by atoms with van der Waals surface area (Å²) in [4.78, 5) is 10.7. The van der Waals surface area contributed by atoms with Crippen molar-refractivity contribution in [2.24, 2.45) is 0 Å². The van der Waals surface area contributed by atoms with E-state index in [1.165, 1.54) is 0 Å². The maximum atomic E-state index is 10.7. The smallest absolute Gasteiger partial charge is 0.395 e. The molecule has 0 aromatic heterocycles. The van der Waals surface area contributed by atoms with Gasteiger partial charge in [-0.25, -0.2) is 0 Å². The molecule has 0 bridgehead atoms. The summed E-state index contributed by atoms with van der Waals surface area (Å²) in [7, 11) is -13.4. The predicted molar refractivity (Wildman–Crippen MR) is 95.1 cm³/mol. The van der Waals surface area contributed by atoms with Crippen LogP contribution in [0.5, 0.6) is 0 Å². The quantitative estimate of drug-likeness (QED) is 0.684. The first-order valence-electron chi connectivity index (χ1n) is 7.34. The van der Waals surface area contributed by atoms with Crippen molar-refractivity contribution in [1.82, 2.24) is 0 Å². The molecule has 7 nitrogen and oxygen atoms in total. The highest BCUT2D eigenvalue weighted by atomic mass is 28.5. The maximum absolute atomic E-state index is 10.7. The summed E-state index contributed by atoms with van der Waals surface area (Å²) < 4.78 is 34.8. The predicted octanol–water partition coefficient (Wildman–Crippen LogP) is 2.43. The molecule has 0 amide bonds. The van der Waals surface area contributed by atoms with Gasteiger partial charge in [0.25, 0.3) is 0 Å². The van der Waals surface area contributed by atoms with Crippen LogP contribution in [0, 0.1) is 0 Å². The normalized spacial score (nSPS) is 27.0. The molecule has 1 fully saturated rings. The van der Waals surface area contributed by atoms with Crippen molar-refractivity contribution in [1.29, 1.82) is 0 Å². The molecule has 1 heterocycles. The van der Waals surface area contributed by atoms with Crippen LogP contribution >= 0.6 is 0 Å². The monoisotopic (exact) mass is 402 g/mol. The van der Waals surface area contributed by atoms with Crippen LogP contribution in [0.1, 0.15) is 0 Å². The molecule has 132 valence electrons. The lowest BCUT2D eigenvalue weighted by molar-refractivity contribution is -0.0949. The minimum absolute atomic E-state index is 0.131. The van der Waals surface area contributed by atoms with Crippen LogP contribution in [0.3, 0.4) is 0 Å². The average molecular weight is 403 g/mol. The summed E-state index contributed by atoms with van der Waals surface area (Å²) >= 11 is 0. The lowest BCUT2D eigenvalue weighted by atomic mass is 11.6. The topological polar surface area (TPSA) is 75.6 Å². The van der Waals surface area contributed by atoms with Crippen LogP contribution in [0.15, 0.2) is 0 Å². The molecule has 12 heteroatoms. The van der Waals surface area contributed by atoms with Crippen molar-refractivity contribution in [2.45, 2.75) is 58.9 Å². The summed E-state index contributed by atoms with van der Waals surface area (Å²) in [5.74, 6) is 0. The third kappa shape index (κ3) is 7.58. The summed E-state index contributed by atoms with van der Waals surface area (Å²) in [6.45, 7) is 17.9. The summed E-state index contributed by atoms with van der Waals surface area (Å²) in [6, 6.07) is 0. The van der Waals surface area contributed by atoms with Gasteiger partial charge < -0.3 is 30.1 Å². The van der Waals surface area contributed by atoms with Crippen LogP contribution in [0.25, 0.3) is 0 Å². The highest BCUT2D eigenvalue weighted by Crippen LogP contribution is 2.30. The van der Waals surface area contributed by atoms with Crippen LogP contribution < -0.4 is 0 Å². The van der Waals surface area contributed by atoms with E-state index in [2.05, 4.69) is 0 Å². The zero-order valence-electron chi connectivity index (χ0n) is 15.1. The molecule has 0 spiro atoms. The Morgan fingerprint density at radius 3 is 1.50 bits per heavy atom. The highest BCUT2D eigenvalue weighted by molar-refractivity contribution is 6.87. The number of hydrogen-bond donors (Lipinski definition) is 1. The Morgan fingerprint density at radius 2 is 1.14 bits per heavy atom. The summed E-state index contributed by atoms with van der Waals surface area (Å²) in [5, 5.41) is 0. The van der Waals surface area contributed by atoms with Gasteiger partial charge in [0.05, 0.1) is 0 Å². The minimum Gasteiger partial charge on any atom is -0.395 e. The number of rotatable bonds is 6. The minimum atomic E-state index is -3.81. The van der Waals surface area contributed by atoms with Gasteiger partial charge in [0.1, 0.15) is 6.79 Å². The van der Waals surface area contributed by atoms with Gasteiger partial charge >= 0.3 is 18.1 Å². The summed E-state index contributed by atoms with van der Waals surface area (Å²) in [6.07, 6.45) is 0. The Kier molecular flexibility index (Phi) is 6.26. The fraction of sp³-hybridized carbons (Fsp3) is 1.00. The fourth-order valence-electron chi connectivity index (χ4n) is 1.70. The molecule has 1 atom stereocenters. The summed E-state index contributed by atoms with van der Waals surface area (Å²) in [5.41, 5.74) is 0. The molecular weight excluding hydrogens is 373 g/mol. The molecule has 1 saturated heterocycles. The Bertz CT molecular complexity index is 373. The first-order valence-corrected chi connectivity index (χ1v) is 20.9. The fourth-order valence-corrected chi connectivity index (χ4v) is 15.9. The largest absolute Gasteiger partial charge is 0.662 e. The number of hydrogen-bond acceptors (Lipinski definition) is 7. The molecule has 0 aromatic carbocycles. The second-order valence-electron chi connectivity index (χ2n) is 8.18. The van der Waals surface area contributed by atoms with E-state index in [1.54, 1.807) is 0 Å². The van der Waals surface area contributed by atoms with Crippen molar-refractivity contribution >= 4 is 43.0 Å². The van der Waals surface area contributed by atoms with Gasteiger partial charge in [-0.2, -0.15) is 0 Å². The van der Waals surface area contributed by atoms with Crippen LogP contribution in [0.2, 0.25) is 58.9 Å². The second kappa shape index (κ2) is 6.60. The van der Waals surface area contributed by atoms with Crippen molar-refractivity contribution in [3.63, 3.8) is 0 Å². The standard InChI is InChI=1S/C10H30O7Si5/c1-18(2,3)14-21(11)12-10-13-22(17-21,15-19(4,5)6)16-20(7,8)9/h11H,10H2,1-9H3. The SMILES string of the molecule is C[Si](C)(C)O[Si]1(O)OCO[Si](O[Si](C)(C)C)(O[Si](C)(C)C)O1. The van der Waals surface area contributed by atoms with E-state index in [1.807, 2.05) is 58.9 Å². The first kappa shape index (κ1) is 20.8. The molecule has 0 radical (unpaired) electrons. The van der Waals surface area contributed by atoms with Crippen molar-refractivity contribution < 1.29 is 30.1 Å². The van der Waals surface area contributed by atoms with Gasteiger partial charge in [-0.15, -0.1) is 0 Å². The van der Waals surface area contributed by atoms with E-state index in [-0.39, 0.29) is 6.79 Å². The molecular formula is C10H30O7Si5. The average Bonchev–Trinajstić information content (AvgIpc) is 2.04. The van der Waals surface area contributed by atoms with Crippen molar-refractivity contribution in [3.8, 4) is 0 Å². The highest BCUT2D eigenvalue weighted by Gasteiger charge is 2.64. The molecule has 1 N–H and O–H groups in total. The van der Waals surface area contributed by atoms with Crippen LogP contribution in [0.4, 0.5) is 0 Å². The molecule has 1 aliphatic rings. The van der Waals surface area contributed by atoms with E-state index in [0.29, 0.717) is 0 Å². The van der Waals surface area contributed by atoms with Crippen LogP contribution in [-0.4, -0.2) is 54.6 Å². The molecule has 1 unspecified atom stereocenters. The lowest BCUT2D eigenvalue weighted by Crippen LogP contribution is -2.70. The zero-order valence-corrected chi connectivity index (χ0v) is 20.1. The van der Waals surface area contributed by atoms with E-state index in [0.717, 1.165) is 0 Å². The third-order valence-corrected chi connectivity index (χ3v) is 15.4. The van der Waals surface area contributed by atoms with Gasteiger partial charge in [-0.3, -0.25) is 0 Å². The third-order valence-electron chi connectivity index (χ3n) is 2.03. The van der Waals surface area contributed by atoms with Crippen molar-refractivity contribution in [3.05, 3.63) is 0 Å². The molecule has 0 aliphatic carbocycles. The Balaban J connectivity index is 3.05. The lowest BCUT2D eigenvalue weighted by Gasteiger charge is -2.44. The zero-order chi connectivity index (χ0) is 17.4. The Hall–Kier alpha value is 0.804. The van der Waals surface area contributed by atoms with Gasteiger partial charge in [-0.1, -0.05) is 0 Å². The van der Waals surface area contributed by atoms with Gasteiger partial charge in [0.2, 0.25) is 0 Å². The molecule has 22 heavy (non-hydrogen) atoms. The van der Waals surface area contributed by atoms with E-state index < -0.39 is 43.0 Å². The van der Waals surface area contributed by atoms with E-state index >= 15 is 0 Å². The Labute approximate surface area is 139 Å². The van der Waals surface area contributed by atoms with E-state index in [9.17, 15) is 4.80 Å². The Morgan fingerprint density at radius 1 is 0.727 bits per heavy atom. The van der Waals surface area contributed by atoms with E-state index in [4.69, 9.17) is 25.3 Å². The first-order chi connectivity index (χ1) is 9.54. The van der Waals surface area contributed by atoms with Crippen LogP contribution in [-0.2, 0) is 25.3 Å². The maximum Gasteiger partial charge on any atom is 0.662 e. The molecule has 1 rings (SSSR count). The second-order valence-corrected chi connectivity index (χ2v) is 26.7. The molecule has 0 saturated carbocycles. The molecule has 0 aromatic rings. The van der Waals surface area contributed by atoms with Gasteiger partial charge in [-0.05, 0) is 58.9 Å². The molecule has 1 aliphatic heterocycles. The van der Waals surface area contributed by atoms with Gasteiger partial charge in [0, 0.05) is 0 Å².